The zero-order chi connectivity index (χ0) is 12.9. The highest BCUT2D eigenvalue weighted by atomic mass is 16.5. The van der Waals surface area contributed by atoms with E-state index in [1.807, 2.05) is 0 Å². The maximum Gasteiger partial charge on any atom is 0.164 e. The standard InChI is InChI=1S/C15H28O2/c1-14(2,3)12-9-13(16)15(17-4)10-7-5-6-8-11-15/h5-12H2,1-4H3. The Balaban J connectivity index is 2.61. The minimum absolute atomic E-state index is 0.231. The van der Waals surface area contributed by atoms with Gasteiger partial charge in [-0.05, 0) is 24.7 Å². The molecule has 0 atom stereocenters. The van der Waals surface area contributed by atoms with E-state index in [4.69, 9.17) is 4.74 Å². The molecule has 100 valence electrons. The molecule has 0 heterocycles. The molecule has 2 nitrogen and oxygen atoms in total. The summed E-state index contributed by atoms with van der Waals surface area (Å²) in [6.07, 6.45) is 8.23. The highest BCUT2D eigenvalue weighted by Gasteiger charge is 2.38. The van der Waals surface area contributed by atoms with Crippen LogP contribution in [0.25, 0.3) is 0 Å². The minimum Gasteiger partial charge on any atom is -0.370 e. The van der Waals surface area contributed by atoms with E-state index in [9.17, 15) is 4.79 Å². The van der Waals surface area contributed by atoms with Gasteiger partial charge in [0, 0.05) is 13.5 Å². The quantitative estimate of drug-likeness (QED) is 0.691. The van der Waals surface area contributed by atoms with Crippen molar-refractivity contribution in [1.29, 1.82) is 0 Å². The summed E-state index contributed by atoms with van der Waals surface area (Å²) in [5.74, 6) is 0.330. The van der Waals surface area contributed by atoms with Crippen LogP contribution in [0.2, 0.25) is 0 Å². The van der Waals surface area contributed by atoms with Gasteiger partial charge in [-0.2, -0.15) is 0 Å². The van der Waals surface area contributed by atoms with E-state index in [1.165, 1.54) is 12.8 Å². The van der Waals surface area contributed by atoms with Crippen molar-refractivity contribution in [3.05, 3.63) is 0 Å². The molecule has 2 heteroatoms. The second kappa shape index (κ2) is 5.99. The monoisotopic (exact) mass is 240 g/mol. The first-order valence-electron chi connectivity index (χ1n) is 6.98. The minimum atomic E-state index is -0.457. The van der Waals surface area contributed by atoms with Crippen LogP contribution in [0.1, 0.15) is 72.1 Å². The SMILES string of the molecule is COC1(C(=O)CCC(C)(C)C)CCCCCC1. The first-order chi connectivity index (χ1) is 7.90. The summed E-state index contributed by atoms with van der Waals surface area (Å²) >= 11 is 0. The Hall–Kier alpha value is -0.370. The van der Waals surface area contributed by atoms with Gasteiger partial charge in [0.15, 0.2) is 5.78 Å². The van der Waals surface area contributed by atoms with Crippen LogP contribution >= 0.6 is 0 Å². The molecule has 1 aliphatic rings. The van der Waals surface area contributed by atoms with Crippen molar-refractivity contribution >= 4 is 5.78 Å². The summed E-state index contributed by atoms with van der Waals surface area (Å²) in [5, 5.41) is 0. The van der Waals surface area contributed by atoms with E-state index in [1.54, 1.807) is 7.11 Å². The molecule has 0 unspecified atom stereocenters. The van der Waals surface area contributed by atoms with Gasteiger partial charge in [-0.1, -0.05) is 46.5 Å². The van der Waals surface area contributed by atoms with E-state index in [0.717, 1.165) is 32.1 Å². The van der Waals surface area contributed by atoms with Crippen molar-refractivity contribution in [1.82, 2.24) is 0 Å². The molecule has 1 aliphatic carbocycles. The molecule has 0 amide bonds. The van der Waals surface area contributed by atoms with Crippen LogP contribution < -0.4 is 0 Å². The van der Waals surface area contributed by atoms with Gasteiger partial charge in [0.2, 0.25) is 0 Å². The molecular weight excluding hydrogens is 212 g/mol. The zero-order valence-corrected chi connectivity index (χ0v) is 12.0. The highest BCUT2D eigenvalue weighted by molar-refractivity contribution is 5.87. The molecular formula is C15H28O2. The fraction of sp³-hybridized carbons (Fsp3) is 0.933. The Labute approximate surface area is 106 Å². The molecule has 0 aromatic carbocycles. The van der Waals surface area contributed by atoms with Crippen molar-refractivity contribution in [2.75, 3.05) is 7.11 Å². The number of rotatable bonds is 4. The maximum atomic E-state index is 12.4. The van der Waals surface area contributed by atoms with Crippen LogP contribution in [0, 0.1) is 5.41 Å². The molecule has 0 aliphatic heterocycles. The number of carbonyl (C=O) groups excluding carboxylic acids is 1. The van der Waals surface area contributed by atoms with Crippen LogP contribution in [0.3, 0.4) is 0 Å². The molecule has 0 bridgehead atoms. The Morgan fingerprint density at radius 3 is 2.06 bits per heavy atom. The van der Waals surface area contributed by atoms with E-state index >= 15 is 0 Å². The van der Waals surface area contributed by atoms with E-state index in [-0.39, 0.29) is 5.41 Å². The third-order valence-electron chi connectivity index (χ3n) is 3.91. The molecule has 0 N–H and O–H groups in total. The van der Waals surface area contributed by atoms with Gasteiger partial charge >= 0.3 is 0 Å². The molecule has 0 radical (unpaired) electrons. The van der Waals surface area contributed by atoms with Crippen LogP contribution in [-0.4, -0.2) is 18.5 Å². The molecule has 1 fully saturated rings. The largest absolute Gasteiger partial charge is 0.370 e. The van der Waals surface area contributed by atoms with Crippen molar-refractivity contribution in [2.24, 2.45) is 5.41 Å². The molecule has 0 saturated heterocycles. The topological polar surface area (TPSA) is 26.3 Å². The third-order valence-corrected chi connectivity index (χ3v) is 3.91. The van der Waals surface area contributed by atoms with Gasteiger partial charge in [0.05, 0.1) is 0 Å². The average molecular weight is 240 g/mol. The van der Waals surface area contributed by atoms with Gasteiger partial charge in [-0.25, -0.2) is 0 Å². The zero-order valence-electron chi connectivity index (χ0n) is 12.0. The van der Waals surface area contributed by atoms with Gasteiger partial charge in [0.1, 0.15) is 5.60 Å². The molecule has 0 spiro atoms. The molecule has 17 heavy (non-hydrogen) atoms. The lowest BCUT2D eigenvalue weighted by atomic mass is 9.82. The summed E-state index contributed by atoms with van der Waals surface area (Å²) in [5.41, 5.74) is -0.225. The number of methoxy groups -OCH3 is 1. The fourth-order valence-corrected chi connectivity index (χ4v) is 2.61. The lowest BCUT2D eigenvalue weighted by Crippen LogP contribution is -2.40. The van der Waals surface area contributed by atoms with Crippen LogP contribution in [0.15, 0.2) is 0 Å². The lowest BCUT2D eigenvalue weighted by Gasteiger charge is -2.31. The third kappa shape index (κ3) is 4.42. The van der Waals surface area contributed by atoms with Crippen LogP contribution in [0.5, 0.6) is 0 Å². The molecule has 1 rings (SSSR count). The van der Waals surface area contributed by atoms with E-state index in [2.05, 4.69) is 20.8 Å². The van der Waals surface area contributed by atoms with Gasteiger partial charge in [-0.3, -0.25) is 4.79 Å². The normalized spacial score (nSPS) is 20.9. The number of carbonyl (C=O) groups is 1. The first kappa shape index (κ1) is 14.7. The number of Topliss-reactive ketones (excluding diaryl/α,β-unsaturated/α-hetero) is 1. The summed E-state index contributed by atoms with van der Waals surface area (Å²) in [6, 6.07) is 0. The van der Waals surface area contributed by atoms with Gasteiger partial charge < -0.3 is 4.74 Å². The second-order valence-corrected chi connectivity index (χ2v) is 6.60. The second-order valence-electron chi connectivity index (χ2n) is 6.60. The van der Waals surface area contributed by atoms with Gasteiger partial charge in [-0.15, -0.1) is 0 Å². The van der Waals surface area contributed by atoms with Crippen LogP contribution in [0.4, 0.5) is 0 Å². The Morgan fingerprint density at radius 1 is 1.12 bits per heavy atom. The Bertz CT molecular complexity index is 242. The lowest BCUT2D eigenvalue weighted by molar-refractivity contribution is -0.143. The molecule has 0 aromatic rings. The predicted molar refractivity (Wildman–Crippen MR) is 71.1 cm³/mol. The molecule has 0 aromatic heterocycles. The summed E-state index contributed by atoms with van der Waals surface area (Å²) in [7, 11) is 1.71. The van der Waals surface area contributed by atoms with Crippen molar-refractivity contribution < 1.29 is 9.53 Å². The highest BCUT2D eigenvalue weighted by Crippen LogP contribution is 2.33. The van der Waals surface area contributed by atoms with Crippen molar-refractivity contribution in [3.8, 4) is 0 Å². The summed E-state index contributed by atoms with van der Waals surface area (Å²) < 4.78 is 5.64. The van der Waals surface area contributed by atoms with E-state index in [0.29, 0.717) is 12.2 Å². The average Bonchev–Trinajstić information content (AvgIpc) is 2.51. The number of ketones is 1. The van der Waals surface area contributed by atoms with E-state index < -0.39 is 5.60 Å². The smallest absolute Gasteiger partial charge is 0.164 e. The summed E-state index contributed by atoms with van der Waals surface area (Å²) in [6.45, 7) is 6.56. The number of ether oxygens (including phenoxy) is 1. The van der Waals surface area contributed by atoms with Crippen molar-refractivity contribution in [2.45, 2.75) is 77.7 Å². The van der Waals surface area contributed by atoms with Gasteiger partial charge in [0.25, 0.3) is 0 Å². The molecule has 1 saturated carbocycles. The first-order valence-corrected chi connectivity index (χ1v) is 6.98. The van der Waals surface area contributed by atoms with Crippen molar-refractivity contribution in [3.63, 3.8) is 0 Å². The number of hydrogen-bond acceptors (Lipinski definition) is 2. The summed E-state index contributed by atoms with van der Waals surface area (Å²) in [4.78, 5) is 12.4. The van der Waals surface area contributed by atoms with Crippen LogP contribution in [-0.2, 0) is 9.53 Å². The fourth-order valence-electron chi connectivity index (χ4n) is 2.61. The predicted octanol–water partition coefficient (Wildman–Crippen LogP) is 4.12. The number of hydrogen-bond donors (Lipinski definition) is 0. The maximum absolute atomic E-state index is 12.4. The Morgan fingerprint density at radius 2 is 1.65 bits per heavy atom. The Kier molecular flexibility index (Phi) is 5.18.